The smallest absolute Gasteiger partial charge is 0.241 e. The number of imide groups is 1. The van der Waals surface area contributed by atoms with Gasteiger partial charge in [0.05, 0.1) is 24.0 Å². The van der Waals surface area contributed by atoms with Crippen molar-refractivity contribution >= 4 is 17.6 Å². The molecule has 19 heavy (non-hydrogen) atoms. The quantitative estimate of drug-likeness (QED) is 0.686. The number of anilines is 1. The van der Waals surface area contributed by atoms with E-state index in [1.165, 1.54) is 4.90 Å². The molecule has 0 unspecified atom stereocenters. The van der Waals surface area contributed by atoms with Crippen molar-refractivity contribution < 1.29 is 14.3 Å². The molecule has 0 aromatic carbocycles. The lowest BCUT2D eigenvalue weighted by atomic mass is 9.81. The lowest BCUT2D eigenvalue weighted by molar-refractivity contribution is -0.124. The Morgan fingerprint density at radius 3 is 2.26 bits per heavy atom. The Kier molecular flexibility index (Phi) is 2.02. The summed E-state index contributed by atoms with van der Waals surface area (Å²) in [7, 11) is 1.80. The zero-order chi connectivity index (χ0) is 13.3. The molecular weight excluding hydrogens is 246 g/mol. The van der Waals surface area contributed by atoms with E-state index in [0.29, 0.717) is 5.82 Å². The molecule has 0 saturated carbocycles. The van der Waals surface area contributed by atoms with E-state index >= 15 is 0 Å². The molecule has 6 nitrogen and oxygen atoms in total. The summed E-state index contributed by atoms with van der Waals surface area (Å²) in [5, 5.41) is 4.25. The second kappa shape index (κ2) is 3.45. The third-order valence-electron chi connectivity index (χ3n) is 4.61. The number of ether oxygens (including phenoxy) is 1. The van der Waals surface area contributed by atoms with Gasteiger partial charge in [-0.25, -0.2) is 4.90 Å². The van der Waals surface area contributed by atoms with Crippen LogP contribution in [0.25, 0.3) is 0 Å². The van der Waals surface area contributed by atoms with Crippen LogP contribution in [0.15, 0.2) is 6.07 Å². The molecule has 0 radical (unpaired) electrons. The standard InChI is InChI=1S/C13H15N3O3/c1-6-5-9(14-15(6)2)16-12(17)10-7-3-4-8(19-7)11(10)13(16)18/h5,7-8,10-11H,3-4H2,1-2H3/t7-,8+,10+,11-. The molecule has 4 atom stereocenters. The molecule has 3 saturated heterocycles. The normalized spacial score (nSPS) is 36.4. The molecule has 6 heteroatoms. The number of amides is 2. The molecule has 1 aromatic heterocycles. The van der Waals surface area contributed by atoms with E-state index in [9.17, 15) is 9.59 Å². The van der Waals surface area contributed by atoms with Crippen LogP contribution < -0.4 is 4.90 Å². The van der Waals surface area contributed by atoms with Crippen LogP contribution in [0, 0.1) is 18.8 Å². The van der Waals surface area contributed by atoms with Crippen molar-refractivity contribution in [2.24, 2.45) is 18.9 Å². The number of carbonyl (C=O) groups is 2. The molecule has 2 bridgehead atoms. The monoisotopic (exact) mass is 261 g/mol. The van der Waals surface area contributed by atoms with Gasteiger partial charge in [0, 0.05) is 18.8 Å². The van der Waals surface area contributed by atoms with Crippen LogP contribution in [-0.2, 0) is 21.4 Å². The maximum absolute atomic E-state index is 12.5. The molecule has 0 aliphatic carbocycles. The molecule has 0 N–H and O–H groups in total. The van der Waals surface area contributed by atoms with E-state index in [-0.39, 0.29) is 35.9 Å². The topological polar surface area (TPSA) is 64.4 Å². The number of rotatable bonds is 1. The minimum Gasteiger partial charge on any atom is -0.373 e. The molecule has 100 valence electrons. The molecule has 2 amide bonds. The van der Waals surface area contributed by atoms with E-state index in [4.69, 9.17) is 4.74 Å². The first-order chi connectivity index (χ1) is 9.08. The van der Waals surface area contributed by atoms with Crippen molar-refractivity contribution in [1.82, 2.24) is 9.78 Å². The van der Waals surface area contributed by atoms with Crippen LogP contribution in [0.4, 0.5) is 5.82 Å². The summed E-state index contributed by atoms with van der Waals surface area (Å²) in [5.74, 6) is -0.397. The van der Waals surface area contributed by atoms with E-state index in [0.717, 1.165) is 18.5 Å². The van der Waals surface area contributed by atoms with Gasteiger partial charge >= 0.3 is 0 Å². The number of nitrogens with zero attached hydrogens (tertiary/aromatic N) is 3. The maximum atomic E-state index is 12.5. The molecular formula is C13H15N3O3. The molecule has 3 aliphatic heterocycles. The van der Waals surface area contributed by atoms with Gasteiger partial charge in [-0.15, -0.1) is 0 Å². The molecule has 4 heterocycles. The van der Waals surface area contributed by atoms with Gasteiger partial charge in [-0.2, -0.15) is 5.10 Å². The van der Waals surface area contributed by atoms with Gasteiger partial charge in [0.25, 0.3) is 0 Å². The van der Waals surface area contributed by atoms with Gasteiger partial charge in [-0.3, -0.25) is 14.3 Å². The predicted molar refractivity (Wildman–Crippen MR) is 65.3 cm³/mol. The Morgan fingerprint density at radius 2 is 1.79 bits per heavy atom. The predicted octanol–water partition coefficient (Wildman–Crippen LogP) is 0.395. The first kappa shape index (κ1) is 11.2. The number of aromatic nitrogens is 2. The summed E-state index contributed by atoms with van der Waals surface area (Å²) in [6.07, 6.45) is 1.64. The number of hydrogen-bond donors (Lipinski definition) is 0. The van der Waals surface area contributed by atoms with Crippen molar-refractivity contribution in [2.45, 2.75) is 32.0 Å². The highest BCUT2D eigenvalue weighted by atomic mass is 16.5. The Hall–Kier alpha value is -1.69. The summed E-state index contributed by atoms with van der Waals surface area (Å²) in [6, 6.07) is 1.78. The highest BCUT2D eigenvalue weighted by Gasteiger charge is 2.63. The van der Waals surface area contributed by atoms with Gasteiger partial charge in [-0.1, -0.05) is 0 Å². The molecule has 3 aliphatic rings. The largest absolute Gasteiger partial charge is 0.373 e. The second-order valence-corrected chi connectivity index (χ2v) is 5.62. The summed E-state index contributed by atoms with van der Waals surface area (Å²) in [4.78, 5) is 26.2. The van der Waals surface area contributed by atoms with Gasteiger partial charge in [0.2, 0.25) is 11.8 Å². The number of fused-ring (bicyclic) bond motifs is 5. The lowest BCUT2D eigenvalue weighted by Gasteiger charge is -2.15. The van der Waals surface area contributed by atoms with Crippen LogP contribution in [0.2, 0.25) is 0 Å². The average Bonchev–Trinajstić information content (AvgIpc) is 3.07. The van der Waals surface area contributed by atoms with Crippen LogP contribution in [0.3, 0.4) is 0 Å². The minimum absolute atomic E-state index is 0.0683. The van der Waals surface area contributed by atoms with Crippen molar-refractivity contribution in [3.8, 4) is 0 Å². The molecule has 3 fully saturated rings. The van der Waals surface area contributed by atoms with E-state index in [1.54, 1.807) is 17.8 Å². The number of carbonyl (C=O) groups excluding carboxylic acids is 2. The Bertz CT molecular complexity index is 546. The fourth-order valence-corrected chi connectivity index (χ4v) is 3.59. The lowest BCUT2D eigenvalue weighted by Crippen LogP contribution is -2.34. The van der Waals surface area contributed by atoms with Gasteiger partial charge < -0.3 is 4.74 Å². The average molecular weight is 261 g/mol. The first-order valence-electron chi connectivity index (χ1n) is 6.62. The molecule has 1 aromatic rings. The zero-order valence-electron chi connectivity index (χ0n) is 10.9. The molecule has 0 spiro atoms. The maximum Gasteiger partial charge on any atom is 0.241 e. The summed E-state index contributed by atoms with van der Waals surface area (Å²) in [5.41, 5.74) is 0.923. The van der Waals surface area contributed by atoms with E-state index in [1.807, 2.05) is 6.92 Å². The second-order valence-electron chi connectivity index (χ2n) is 5.62. The number of hydrogen-bond acceptors (Lipinski definition) is 4. The summed E-state index contributed by atoms with van der Waals surface area (Å²) < 4.78 is 7.37. The van der Waals surface area contributed by atoms with Crippen LogP contribution >= 0.6 is 0 Å². The van der Waals surface area contributed by atoms with Crippen molar-refractivity contribution in [3.05, 3.63) is 11.8 Å². The van der Waals surface area contributed by atoms with Gasteiger partial charge in [-0.05, 0) is 19.8 Å². The van der Waals surface area contributed by atoms with E-state index < -0.39 is 0 Å². The van der Waals surface area contributed by atoms with Crippen molar-refractivity contribution in [3.63, 3.8) is 0 Å². The van der Waals surface area contributed by atoms with Crippen LogP contribution in [-0.4, -0.2) is 33.8 Å². The first-order valence-corrected chi connectivity index (χ1v) is 6.62. The van der Waals surface area contributed by atoms with Crippen LogP contribution in [0.1, 0.15) is 18.5 Å². The Labute approximate surface area is 110 Å². The third kappa shape index (κ3) is 1.27. The summed E-state index contributed by atoms with van der Waals surface area (Å²) >= 11 is 0. The fraction of sp³-hybridized carbons (Fsp3) is 0.615. The van der Waals surface area contributed by atoms with Crippen molar-refractivity contribution in [2.75, 3.05) is 4.90 Å². The Morgan fingerprint density at radius 1 is 1.21 bits per heavy atom. The zero-order valence-corrected chi connectivity index (χ0v) is 10.9. The van der Waals surface area contributed by atoms with Gasteiger partial charge in [0.1, 0.15) is 0 Å². The van der Waals surface area contributed by atoms with Gasteiger partial charge in [0.15, 0.2) is 5.82 Å². The van der Waals surface area contributed by atoms with Crippen LogP contribution in [0.5, 0.6) is 0 Å². The fourth-order valence-electron chi connectivity index (χ4n) is 3.59. The number of aryl methyl sites for hydroxylation is 2. The minimum atomic E-state index is -0.284. The molecule has 4 rings (SSSR count). The Balaban J connectivity index is 1.75. The van der Waals surface area contributed by atoms with Crippen molar-refractivity contribution in [1.29, 1.82) is 0 Å². The SMILES string of the molecule is Cc1cc(N2C(=O)[C@@H]3[C@H](C2=O)[C@@H]2CC[C@H]3O2)nn1C. The van der Waals surface area contributed by atoms with E-state index in [2.05, 4.69) is 5.10 Å². The summed E-state index contributed by atoms with van der Waals surface area (Å²) in [6.45, 7) is 1.90. The highest BCUT2D eigenvalue weighted by molar-refractivity contribution is 6.22. The highest BCUT2D eigenvalue weighted by Crippen LogP contribution is 2.49. The third-order valence-corrected chi connectivity index (χ3v) is 4.61.